The third-order valence-corrected chi connectivity index (χ3v) is 8.16. The number of alkyl carbamates (subject to hydrolysis) is 1. The molecule has 0 spiro atoms. The minimum Gasteiger partial charge on any atom is -0.445 e. The van der Waals surface area contributed by atoms with Crippen molar-refractivity contribution in [2.24, 2.45) is 0 Å². The van der Waals surface area contributed by atoms with Gasteiger partial charge in [-0.2, -0.15) is 0 Å². The normalized spacial score (nSPS) is 14.0. The number of nitrogens with zero attached hydrogens (tertiary/aromatic N) is 3. The van der Waals surface area contributed by atoms with E-state index in [2.05, 4.69) is 37.4 Å². The van der Waals surface area contributed by atoms with Crippen molar-refractivity contribution in [2.45, 2.75) is 32.1 Å². The zero-order valence-electron chi connectivity index (χ0n) is 27.1. The van der Waals surface area contributed by atoms with Gasteiger partial charge in [0.1, 0.15) is 19.0 Å². The van der Waals surface area contributed by atoms with E-state index in [0.29, 0.717) is 35.4 Å². The van der Waals surface area contributed by atoms with Gasteiger partial charge in [-0.3, -0.25) is 15.1 Å². The van der Waals surface area contributed by atoms with E-state index in [1.165, 1.54) is 30.5 Å². The molecule has 1 atom stereocenters. The molecule has 3 N–H and O–H groups in total. The van der Waals surface area contributed by atoms with Crippen molar-refractivity contribution in [3.63, 3.8) is 0 Å². The molecule has 1 fully saturated rings. The van der Waals surface area contributed by atoms with Crippen LogP contribution in [-0.2, 0) is 22.7 Å². The van der Waals surface area contributed by atoms with Crippen molar-refractivity contribution in [2.75, 3.05) is 28.6 Å². The van der Waals surface area contributed by atoms with Crippen LogP contribution in [0.3, 0.4) is 0 Å². The Balaban J connectivity index is 1.19. The van der Waals surface area contributed by atoms with Gasteiger partial charge >= 0.3 is 12.2 Å². The molecule has 11 nitrogen and oxygen atoms in total. The molecule has 3 heterocycles. The Morgan fingerprint density at radius 2 is 1.60 bits per heavy atom. The zero-order chi connectivity index (χ0) is 34.9. The molecule has 0 saturated carbocycles. The van der Waals surface area contributed by atoms with E-state index >= 15 is 0 Å². The molecule has 1 saturated heterocycles. The first-order valence-electron chi connectivity index (χ1n) is 16.1. The standard InChI is InChI=1S/C38H35FN6O5/c1-2-27-19-31-28(18-30(27)39)20-32(44-38(48)50-24-26-12-7-4-8-13-26)35(42-31)36(46)43-33-21-40-16-15-34(33)45-17-9-14-29(22-45)41-37(47)49-23-25-10-5-3-6-11-25/h2-8,10-13,15-16,18-21,29H,1,9,14,17,22-24H2,(H,41,47)(H,43,46)(H,44,48). The lowest BCUT2D eigenvalue weighted by molar-refractivity contribution is 0.102. The first kappa shape index (κ1) is 33.6. The lowest BCUT2D eigenvalue weighted by Crippen LogP contribution is -2.48. The summed E-state index contributed by atoms with van der Waals surface area (Å²) >= 11 is 0. The highest BCUT2D eigenvalue weighted by Crippen LogP contribution is 2.30. The van der Waals surface area contributed by atoms with E-state index in [-0.39, 0.29) is 36.2 Å². The van der Waals surface area contributed by atoms with Crippen LogP contribution in [-0.4, -0.2) is 47.2 Å². The van der Waals surface area contributed by atoms with Crippen molar-refractivity contribution in [1.82, 2.24) is 15.3 Å². The van der Waals surface area contributed by atoms with Gasteiger partial charge in [0.25, 0.3) is 5.91 Å². The van der Waals surface area contributed by atoms with Gasteiger partial charge < -0.3 is 25.0 Å². The van der Waals surface area contributed by atoms with Gasteiger partial charge in [-0.15, -0.1) is 0 Å². The SMILES string of the molecule is C=Cc1cc2nc(C(=O)Nc3cnccc3N3CCCC(NC(=O)OCc4ccccc4)C3)c(NC(=O)OCc3ccccc3)cc2cc1F. The van der Waals surface area contributed by atoms with E-state index in [1.54, 1.807) is 12.3 Å². The molecule has 6 rings (SSSR count). The Kier molecular flexibility index (Phi) is 10.6. The highest BCUT2D eigenvalue weighted by molar-refractivity contribution is 6.11. The quantitative estimate of drug-likeness (QED) is 0.140. The Bertz CT molecular complexity index is 2010. The zero-order valence-corrected chi connectivity index (χ0v) is 27.1. The summed E-state index contributed by atoms with van der Waals surface area (Å²) in [6, 6.07) is 24.4. The molecular formula is C38H35FN6O5. The molecular weight excluding hydrogens is 639 g/mol. The van der Waals surface area contributed by atoms with Crippen LogP contribution in [0, 0.1) is 5.82 Å². The molecule has 0 bridgehead atoms. The Hall–Kier alpha value is -6.30. The summed E-state index contributed by atoms with van der Waals surface area (Å²) in [7, 11) is 0. The number of carbonyl (C=O) groups excluding carboxylic acids is 3. The molecule has 12 heteroatoms. The molecule has 3 aromatic carbocycles. The van der Waals surface area contributed by atoms with E-state index in [9.17, 15) is 18.8 Å². The molecule has 2 aromatic heterocycles. The Labute approximate surface area is 288 Å². The van der Waals surface area contributed by atoms with E-state index in [0.717, 1.165) is 24.0 Å². The third kappa shape index (κ3) is 8.40. The number of nitrogens with one attached hydrogen (secondary N) is 3. The lowest BCUT2D eigenvalue weighted by atomic mass is 10.0. The van der Waals surface area contributed by atoms with Gasteiger partial charge in [-0.1, -0.05) is 73.3 Å². The van der Waals surface area contributed by atoms with E-state index in [4.69, 9.17) is 9.47 Å². The van der Waals surface area contributed by atoms with Crippen LogP contribution in [0.4, 0.5) is 31.0 Å². The Morgan fingerprint density at radius 1 is 0.900 bits per heavy atom. The molecule has 5 aromatic rings. The average Bonchev–Trinajstić information content (AvgIpc) is 3.14. The van der Waals surface area contributed by atoms with Gasteiger partial charge in [0, 0.05) is 36.3 Å². The number of fused-ring (bicyclic) bond motifs is 1. The van der Waals surface area contributed by atoms with Crippen molar-refractivity contribution in [3.05, 3.63) is 132 Å². The summed E-state index contributed by atoms with van der Waals surface area (Å²) in [5, 5.41) is 8.81. The summed E-state index contributed by atoms with van der Waals surface area (Å²) in [4.78, 5) is 50.2. The van der Waals surface area contributed by atoms with E-state index in [1.807, 2.05) is 60.7 Å². The minimum atomic E-state index is -0.816. The maximum atomic E-state index is 14.7. The molecule has 1 unspecified atom stereocenters. The molecule has 50 heavy (non-hydrogen) atoms. The highest BCUT2D eigenvalue weighted by atomic mass is 19.1. The first-order chi connectivity index (χ1) is 24.4. The summed E-state index contributed by atoms with van der Waals surface area (Å²) < 4.78 is 25.5. The lowest BCUT2D eigenvalue weighted by Gasteiger charge is -2.35. The van der Waals surface area contributed by atoms with Gasteiger partial charge in [0.05, 0.1) is 28.8 Å². The predicted octanol–water partition coefficient (Wildman–Crippen LogP) is 7.31. The summed E-state index contributed by atoms with van der Waals surface area (Å²) in [6.07, 6.45) is 4.71. The van der Waals surface area contributed by atoms with Crippen LogP contribution in [0.15, 0.2) is 104 Å². The van der Waals surface area contributed by atoms with Crippen molar-refractivity contribution >= 4 is 52.1 Å². The van der Waals surface area contributed by atoms with Crippen LogP contribution in [0.2, 0.25) is 0 Å². The minimum absolute atomic E-state index is 0.00200. The molecule has 3 amide bonds. The maximum absolute atomic E-state index is 14.7. The van der Waals surface area contributed by atoms with Gasteiger partial charge in [0.15, 0.2) is 5.69 Å². The number of aromatic nitrogens is 2. The van der Waals surface area contributed by atoms with Crippen LogP contribution >= 0.6 is 0 Å². The van der Waals surface area contributed by atoms with Crippen LogP contribution in [0.25, 0.3) is 17.0 Å². The molecule has 1 aliphatic rings. The summed E-state index contributed by atoms with van der Waals surface area (Å²) in [6.45, 7) is 4.96. The number of hydrogen-bond acceptors (Lipinski definition) is 8. The predicted molar refractivity (Wildman–Crippen MR) is 189 cm³/mol. The number of benzene rings is 3. The monoisotopic (exact) mass is 674 g/mol. The van der Waals surface area contributed by atoms with Crippen LogP contribution in [0.1, 0.15) is 40.0 Å². The molecule has 0 radical (unpaired) electrons. The fourth-order valence-corrected chi connectivity index (χ4v) is 5.69. The van der Waals surface area contributed by atoms with Crippen LogP contribution in [0.5, 0.6) is 0 Å². The summed E-state index contributed by atoms with van der Waals surface area (Å²) in [5.74, 6) is -1.16. The number of piperidine rings is 1. The number of anilines is 3. The third-order valence-electron chi connectivity index (χ3n) is 8.16. The Morgan fingerprint density at radius 3 is 2.30 bits per heavy atom. The number of hydrogen-bond donors (Lipinski definition) is 3. The molecule has 0 aliphatic carbocycles. The van der Waals surface area contributed by atoms with Crippen molar-refractivity contribution in [1.29, 1.82) is 0 Å². The number of amides is 3. The fraction of sp³-hybridized carbons (Fsp3) is 0.184. The fourth-order valence-electron chi connectivity index (χ4n) is 5.69. The number of pyridine rings is 2. The number of carbonyl (C=O) groups is 3. The topological polar surface area (TPSA) is 135 Å². The second-order valence-corrected chi connectivity index (χ2v) is 11.7. The molecule has 1 aliphatic heterocycles. The number of halogens is 1. The number of rotatable bonds is 10. The van der Waals surface area contributed by atoms with Crippen molar-refractivity contribution < 1.29 is 28.2 Å². The van der Waals surface area contributed by atoms with E-state index < -0.39 is 23.9 Å². The van der Waals surface area contributed by atoms with Crippen molar-refractivity contribution in [3.8, 4) is 0 Å². The first-order valence-corrected chi connectivity index (χ1v) is 16.1. The second kappa shape index (κ2) is 15.7. The average molecular weight is 675 g/mol. The largest absolute Gasteiger partial charge is 0.445 e. The van der Waals surface area contributed by atoms with Gasteiger partial charge in [0.2, 0.25) is 0 Å². The summed E-state index contributed by atoms with van der Waals surface area (Å²) in [5.41, 5.74) is 3.20. The number of ether oxygens (including phenoxy) is 2. The van der Waals surface area contributed by atoms with Crippen LogP contribution < -0.4 is 20.9 Å². The van der Waals surface area contributed by atoms with Gasteiger partial charge in [-0.25, -0.2) is 19.0 Å². The molecule has 254 valence electrons. The smallest absolute Gasteiger partial charge is 0.412 e. The van der Waals surface area contributed by atoms with Gasteiger partial charge in [-0.05, 0) is 48.2 Å². The highest BCUT2D eigenvalue weighted by Gasteiger charge is 2.25. The second-order valence-electron chi connectivity index (χ2n) is 11.7. The maximum Gasteiger partial charge on any atom is 0.412 e.